The van der Waals surface area contributed by atoms with Crippen LogP contribution in [-0.2, 0) is 38.3 Å². The lowest BCUT2D eigenvalue weighted by Crippen LogP contribution is -2.43. The number of anilines is 1. The second-order valence-corrected chi connectivity index (χ2v) is 9.25. The second-order valence-electron chi connectivity index (χ2n) is 9.25. The van der Waals surface area contributed by atoms with Crippen LogP contribution in [0.4, 0.5) is 23.8 Å². The van der Waals surface area contributed by atoms with E-state index in [1.54, 1.807) is 6.92 Å². The van der Waals surface area contributed by atoms with Crippen molar-refractivity contribution in [3.8, 4) is 17.0 Å². The number of hydrogen-bond donors (Lipinski definition) is 3. The van der Waals surface area contributed by atoms with Crippen LogP contribution in [0, 0.1) is 0 Å². The van der Waals surface area contributed by atoms with Crippen molar-refractivity contribution in [2.24, 2.45) is 0 Å². The number of rotatable bonds is 11. The highest BCUT2D eigenvalue weighted by atomic mass is 19.4. The zero-order chi connectivity index (χ0) is 29.3. The number of carbonyl (C=O) groups is 2. The van der Waals surface area contributed by atoms with Crippen LogP contribution < -0.4 is 10.6 Å². The number of alkyl halides is 3. The summed E-state index contributed by atoms with van der Waals surface area (Å²) in [5.41, 5.74) is -0.339. The van der Waals surface area contributed by atoms with Crippen molar-refractivity contribution in [1.29, 1.82) is 0 Å². The summed E-state index contributed by atoms with van der Waals surface area (Å²) >= 11 is 0. The molecule has 2 aromatic rings. The number of phenolic OH excluding ortho intramolecular Hbond substituents is 1. The highest BCUT2D eigenvalue weighted by molar-refractivity contribution is 5.73. The molecule has 0 unspecified atom stereocenters. The standard InChI is InChI=1S/C26H34F3N5O6/c1-4-40-22(36)7-9-34-8-5-6-19(14-34)31-24-16(13-30-25(37)39-3)11-20(32-33-24)23-17(15-38-2)10-18(12-21(23)35)26(27,28)29/h10-12,19,35H,4-9,13-15H2,1-3H3,(H,30,37)(H,31,33)/t19-/m1/s1. The maximum Gasteiger partial charge on any atom is 0.416 e. The summed E-state index contributed by atoms with van der Waals surface area (Å²) in [6, 6.07) is 3.01. The fraction of sp³-hybridized carbons (Fsp3) is 0.538. The third-order valence-electron chi connectivity index (χ3n) is 6.35. The van der Waals surface area contributed by atoms with Crippen molar-refractivity contribution in [2.45, 2.75) is 51.6 Å². The van der Waals surface area contributed by atoms with Gasteiger partial charge in [-0.25, -0.2) is 4.79 Å². The largest absolute Gasteiger partial charge is 0.507 e. The Morgan fingerprint density at radius 2 is 1.95 bits per heavy atom. The molecule has 1 fully saturated rings. The summed E-state index contributed by atoms with van der Waals surface area (Å²) in [5.74, 6) is -0.528. The van der Waals surface area contributed by atoms with Gasteiger partial charge in [-0.2, -0.15) is 13.2 Å². The Kier molecular flexibility index (Phi) is 10.9. The Bertz CT molecular complexity index is 1180. The number of methoxy groups -OCH3 is 2. The third kappa shape index (κ3) is 8.42. The molecule has 0 saturated carbocycles. The lowest BCUT2D eigenvalue weighted by atomic mass is 9.98. The van der Waals surface area contributed by atoms with Crippen molar-refractivity contribution < 1.29 is 42.1 Å². The summed E-state index contributed by atoms with van der Waals surface area (Å²) in [5, 5.41) is 24.9. The van der Waals surface area contributed by atoms with Crippen LogP contribution in [0.25, 0.3) is 11.3 Å². The SMILES string of the molecule is CCOC(=O)CCN1CCC[C@@H](Nc2nnc(-c3c(O)cc(C(F)(F)F)cc3COC)cc2CNC(=O)OC)C1. The van der Waals surface area contributed by atoms with Gasteiger partial charge in [0.15, 0.2) is 5.82 Å². The average molecular weight is 570 g/mol. The molecule has 1 saturated heterocycles. The number of carbonyl (C=O) groups excluding carboxylic acids is 2. The first-order valence-electron chi connectivity index (χ1n) is 12.8. The number of phenols is 1. The first kappa shape index (κ1) is 30.9. The van der Waals surface area contributed by atoms with Gasteiger partial charge in [0.2, 0.25) is 0 Å². The molecule has 1 aromatic heterocycles. The van der Waals surface area contributed by atoms with E-state index in [-0.39, 0.29) is 48.4 Å². The van der Waals surface area contributed by atoms with Gasteiger partial charge >= 0.3 is 18.2 Å². The summed E-state index contributed by atoms with van der Waals surface area (Å²) in [6.07, 6.45) is -3.38. The fourth-order valence-electron chi connectivity index (χ4n) is 4.51. The lowest BCUT2D eigenvalue weighted by Gasteiger charge is -2.33. The highest BCUT2D eigenvalue weighted by Gasteiger charge is 2.33. The number of aromatic hydroxyl groups is 1. The molecule has 0 spiro atoms. The Hall–Kier alpha value is -3.65. The van der Waals surface area contributed by atoms with Crippen molar-refractivity contribution >= 4 is 17.9 Å². The van der Waals surface area contributed by atoms with Gasteiger partial charge in [-0.1, -0.05) is 0 Å². The molecule has 1 atom stereocenters. The number of aromatic nitrogens is 2. The van der Waals surface area contributed by atoms with Gasteiger partial charge in [0.1, 0.15) is 5.75 Å². The molecule has 2 heterocycles. The Balaban J connectivity index is 1.89. The molecule has 0 bridgehead atoms. The first-order valence-corrected chi connectivity index (χ1v) is 12.8. The van der Waals surface area contributed by atoms with Crippen LogP contribution in [-0.4, -0.2) is 78.8 Å². The van der Waals surface area contributed by atoms with Gasteiger partial charge < -0.3 is 34.9 Å². The van der Waals surface area contributed by atoms with Crippen molar-refractivity contribution in [3.63, 3.8) is 0 Å². The maximum atomic E-state index is 13.4. The molecular formula is C26H34F3N5O6. The second kappa shape index (κ2) is 14.1. The molecule has 0 radical (unpaired) electrons. The predicted molar refractivity (Wildman–Crippen MR) is 138 cm³/mol. The Morgan fingerprint density at radius 3 is 2.62 bits per heavy atom. The number of likely N-dealkylation sites (tertiary alicyclic amines) is 1. The summed E-state index contributed by atoms with van der Waals surface area (Å²) in [4.78, 5) is 25.7. The predicted octanol–water partition coefficient (Wildman–Crippen LogP) is 3.70. The minimum absolute atomic E-state index is 0.0299. The molecule has 11 nitrogen and oxygen atoms in total. The van der Waals surface area contributed by atoms with Gasteiger partial charge in [0.25, 0.3) is 0 Å². The number of nitrogens with zero attached hydrogens (tertiary/aromatic N) is 3. The molecule has 1 amide bonds. The minimum Gasteiger partial charge on any atom is -0.507 e. The number of amides is 1. The number of alkyl carbamates (subject to hydrolysis) is 1. The molecule has 3 rings (SSSR count). The van der Waals surface area contributed by atoms with Gasteiger partial charge in [-0.05, 0) is 50.1 Å². The molecule has 40 heavy (non-hydrogen) atoms. The molecule has 0 aliphatic carbocycles. The summed E-state index contributed by atoms with van der Waals surface area (Å²) in [6.45, 7) is 3.85. The maximum absolute atomic E-state index is 13.4. The molecule has 3 N–H and O–H groups in total. The van der Waals surface area contributed by atoms with Crippen LogP contribution in [0.2, 0.25) is 0 Å². The molecular weight excluding hydrogens is 535 g/mol. The zero-order valence-corrected chi connectivity index (χ0v) is 22.6. The van der Waals surface area contributed by atoms with E-state index in [2.05, 4.69) is 30.5 Å². The number of ether oxygens (including phenoxy) is 3. The van der Waals surface area contributed by atoms with Gasteiger partial charge in [0.05, 0.1) is 38.0 Å². The Labute approximate surface area is 230 Å². The smallest absolute Gasteiger partial charge is 0.416 e. The number of hydrogen-bond acceptors (Lipinski definition) is 10. The van der Waals surface area contributed by atoms with E-state index in [9.17, 15) is 27.9 Å². The van der Waals surface area contributed by atoms with E-state index in [1.165, 1.54) is 20.3 Å². The van der Waals surface area contributed by atoms with Gasteiger partial charge in [0, 0.05) is 43.9 Å². The number of nitrogens with one attached hydrogen (secondary N) is 2. The van der Waals surface area contributed by atoms with Gasteiger partial charge in [-0.3, -0.25) is 4.79 Å². The van der Waals surface area contributed by atoms with E-state index in [4.69, 9.17) is 9.47 Å². The fourth-order valence-corrected chi connectivity index (χ4v) is 4.51. The van der Waals surface area contributed by atoms with Crippen LogP contribution >= 0.6 is 0 Å². The summed E-state index contributed by atoms with van der Waals surface area (Å²) < 4.78 is 54.8. The van der Waals surface area contributed by atoms with Crippen molar-refractivity contribution in [3.05, 3.63) is 34.9 Å². The average Bonchev–Trinajstić information content (AvgIpc) is 2.91. The van der Waals surface area contributed by atoms with E-state index in [0.29, 0.717) is 37.1 Å². The third-order valence-corrected chi connectivity index (χ3v) is 6.35. The van der Waals surface area contributed by atoms with Crippen LogP contribution in [0.15, 0.2) is 18.2 Å². The van der Waals surface area contributed by atoms with Crippen LogP contribution in [0.3, 0.4) is 0 Å². The van der Waals surface area contributed by atoms with Crippen LogP contribution in [0.1, 0.15) is 42.9 Å². The zero-order valence-electron chi connectivity index (χ0n) is 22.6. The van der Waals surface area contributed by atoms with E-state index >= 15 is 0 Å². The van der Waals surface area contributed by atoms with E-state index < -0.39 is 23.6 Å². The summed E-state index contributed by atoms with van der Waals surface area (Å²) in [7, 11) is 2.54. The minimum atomic E-state index is -4.67. The van der Waals surface area contributed by atoms with Crippen molar-refractivity contribution in [2.75, 3.05) is 45.8 Å². The topological polar surface area (TPSA) is 135 Å². The number of halogens is 3. The normalized spacial score (nSPS) is 15.9. The monoisotopic (exact) mass is 569 g/mol. The molecule has 1 aliphatic rings. The molecule has 220 valence electrons. The number of esters is 1. The molecule has 1 aromatic carbocycles. The first-order chi connectivity index (χ1) is 19.0. The number of piperidine rings is 1. The van der Waals surface area contributed by atoms with Crippen molar-refractivity contribution in [1.82, 2.24) is 20.4 Å². The molecule has 14 heteroatoms. The van der Waals surface area contributed by atoms with Crippen LogP contribution in [0.5, 0.6) is 5.75 Å². The highest BCUT2D eigenvalue weighted by Crippen LogP contribution is 2.39. The van der Waals surface area contributed by atoms with E-state index in [1.807, 2.05) is 0 Å². The van der Waals surface area contributed by atoms with Gasteiger partial charge in [-0.15, -0.1) is 10.2 Å². The van der Waals surface area contributed by atoms with E-state index in [0.717, 1.165) is 25.5 Å². The number of benzene rings is 1. The molecule has 1 aliphatic heterocycles. The Morgan fingerprint density at radius 1 is 1.18 bits per heavy atom. The lowest BCUT2D eigenvalue weighted by molar-refractivity contribution is -0.143. The quantitative estimate of drug-likeness (QED) is 0.344.